The second kappa shape index (κ2) is 2.52. The van der Waals surface area contributed by atoms with Crippen molar-refractivity contribution in [3.8, 4) is 0 Å². The Hall–Kier alpha value is -1.31. The average Bonchev–Trinajstić information content (AvgIpc) is 2.34. The minimum absolute atomic E-state index is 0.310. The molecule has 0 saturated heterocycles. The summed E-state index contributed by atoms with van der Waals surface area (Å²) in [6, 6.07) is 0. The summed E-state index contributed by atoms with van der Waals surface area (Å²) in [5.74, 6) is -0.310. The summed E-state index contributed by atoms with van der Waals surface area (Å²) in [6.07, 6.45) is 5.15. The van der Waals surface area contributed by atoms with E-state index in [0.717, 1.165) is 5.57 Å². The lowest BCUT2D eigenvalue weighted by molar-refractivity contribution is -0.135. The van der Waals surface area contributed by atoms with Gasteiger partial charge in [-0.1, -0.05) is 12.7 Å². The molecule has 0 atom stereocenters. The molecule has 0 bridgehead atoms. The summed E-state index contributed by atoms with van der Waals surface area (Å²) in [4.78, 5) is 10.8. The zero-order valence-electron chi connectivity index (χ0n) is 5.76. The van der Waals surface area contributed by atoms with Crippen LogP contribution in [0.2, 0.25) is 0 Å². The molecule has 0 aromatic rings. The molecule has 0 radical (unpaired) electrons. The van der Waals surface area contributed by atoms with Crippen LogP contribution in [0.15, 0.2) is 36.0 Å². The monoisotopic (exact) mass is 136 g/mol. The van der Waals surface area contributed by atoms with Gasteiger partial charge in [0.1, 0.15) is 0 Å². The van der Waals surface area contributed by atoms with Crippen LogP contribution in [0.1, 0.15) is 0 Å². The molecular weight excluding hydrogens is 128 g/mol. The van der Waals surface area contributed by atoms with Crippen LogP contribution in [-0.4, -0.2) is 13.1 Å². The van der Waals surface area contributed by atoms with Gasteiger partial charge < -0.3 is 4.74 Å². The van der Waals surface area contributed by atoms with Crippen LogP contribution in [0.25, 0.3) is 0 Å². The first-order valence-corrected chi connectivity index (χ1v) is 2.91. The highest BCUT2D eigenvalue weighted by Crippen LogP contribution is 2.13. The number of hydrogen-bond acceptors (Lipinski definition) is 2. The number of allylic oxidation sites excluding steroid dienone is 3. The van der Waals surface area contributed by atoms with E-state index < -0.39 is 0 Å². The van der Waals surface area contributed by atoms with Crippen LogP contribution in [0.3, 0.4) is 0 Å². The number of hydrogen-bond donors (Lipinski definition) is 0. The zero-order valence-corrected chi connectivity index (χ0v) is 5.76. The zero-order chi connectivity index (χ0) is 7.56. The maximum absolute atomic E-state index is 10.8. The van der Waals surface area contributed by atoms with E-state index in [4.69, 9.17) is 0 Å². The van der Waals surface area contributed by atoms with Gasteiger partial charge in [0.05, 0.1) is 12.7 Å². The summed E-state index contributed by atoms with van der Waals surface area (Å²) in [5, 5.41) is 0. The number of carbonyl (C=O) groups excluding carboxylic acids is 1. The van der Waals surface area contributed by atoms with Gasteiger partial charge >= 0.3 is 5.97 Å². The van der Waals surface area contributed by atoms with Crippen molar-refractivity contribution in [1.82, 2.24) is 0 Å². The Morgan fingerprint density at radius 1 is 1.60 bits per heavy atom. The van der Waals surface area contributed by atoms with Crippen LogP contribution in [-0.2, 0) is 9.53 Å². The van der Waals surface area contributed by atoms with Crippen molar-refractivity contribution in [2.75, 3.05) is 7.11 Å². The molecule has 0 aromatic carbocycles. The maximum atomic E-state index is 10.8. The van der Waals surface area contributed by atoms with Crippen LogP contribution in [0, 0.1) is 0 Å². The van der Waals surface area contributed by atoms with Gasteiger partial charge in [-0.3, -0.25) is 0 Å². The minimum atomic E-state index is -0.310. The molecule has 52 valence electrons. The third-order valence-electron chi connectivity index (χ3n) is 1.24. The Balaban J connectivity index is 2.77. The topological polar surface area (TPSA) is 26.3 Å². The number of ether oxygens (including phenoxy) is 1. The quantitative estimate of drug-likeness (QED) is 0.506. The number of esters is 1. The molecule has 0 aromatic heterocycles. The second-order valence-electron chi connectivity index (χ2n) is 2.00. The maximum Gasteiger partial charge on any atom is 0.337 e. The van der Waals surface area contributed by atoms with E-state index in [-0.39, 0.29) is 5.97 Å². The van der Waals surface area contributed by atoms with Gasteiger partial charge in [0.25, 0.3) is 0 Å². The highest BCUT2D eigenvalue weighted by molar-refractivity contribution is 5.93. The van der Waals surface area contributed by atoms with Crippen LogP contribution in [0.4, 0.5) is 0 Å². The van der Waals surface area contributed by atoms with E-state index in [2.05, 4.69) is 11.3 Å². The predicted molar refractivity (Wildman–Crippen MR) is 38.4 cm³/mol. The average molecular weight is 136 g/mol. The Labute approximate surface area is 59.5 Å². The van der Waals surface area contributed by atoms with Crippen LogP contribution in [0.5, 0.6) is 0 Å². The summed E-state index contributed by atoms with van der Waals surface area (Å²) in [6.45, 7) is 3.65. The van der Waals surface area contributed by atoms with Gasteiger partial charge in [-0.25, -0.2) is 4.79 Å². The standard InChI is InChI=1S/C8H8O2/c1-6-3-4-7(5-6)8(9)10-2/h3-5H,1H2,2H3. The van der Waals surface area contributed by atoms with Gasteiger partial charge in [-0.05, 0) is 17.7 Å². The Morgan fingerprint density at radius 3 is 2.70 bits per heavy atom. The van der Waals surface area contributed by atoms with Gasteiger partial charge in [-0.15, -0.1) is 0 Å². The molecule has 1 aliphatic carbocycles. The molecule has 10 heavy (non-hydrogen) atoms. The Bertz CT molecular complexity index is 234. The molecule has 0 spiro atoms. The molecule has 1 aliphatic rings. The normalized spacial score (nSPS) is 15.3. The summed E-state index contributed by atoms with van der Waals surface area (Å²) >= 11 is 0. The van der Waals surface area contributed by atoms with Crippen molar-refractivity contribution in [3.63, 3.8) is 0 Å². The first-order valence-electron chi connectivity index (χ1n) is 2.91. The largest absolute Gasteiger partial charge is 0.465 e. The SMILES string of the molecule is C=C1C=CC(C(=O)OC)=C1. The third kappa shape index (κ3) is 1.16. The van der Waals surface area contributed by atoms with E-state index in [9.17, 15) is 4.79 Å². The molecular formula is C8H8O2. The van der Waals surface area contributed by atoms with E-state index in [1.165, 1.54) is 7.11 Å². The van der Waals surface area contributed by atoms with E-state index in [1.807, 2.05) is 0 Å². The molecule has 0 amide bonds. The number of carbonyl (C=O) groups is 1. The van der Waals surface area contributed by atoms with Crippen molar-refractivity contribution < 1.29 is 9.53 Å². The fourth-order valence-corrected chi connectivity index (χ4v) is 0.738. The molecule has 0 fully saturated rings. The first kappa shape index (κ1) is 6.81. The van der Waals surface area contributed by atoms with Crippen molar-refractivity contribution >= 4 is 5.97 Å². The molecule has 0 unspecified atom stereocenters. The van der Waals surface area contributed by atoms with Crippen molar-refractivity contribution in [1.29, 1.82) is 0 Å². The Morgan fingerprint density at radius 2 is 2.30 bits per heavy atom. The minimum Gasteiger partial charge on any atom is -0.465 e. The van der Waals surface area contributed by atoms with Gasteiger partial charge in [0.2, 0.25) is 0 Å². The van der Waals surface area contributed by atoms with Crippen LogP contribution < -0.4 is 0 Å². The fraction of sp³-hybridized carbons (Fsp3) is 0.125. The molecule has 0 N–H and O–H groups in total. The second-order valence-corrected chi connectivity index (χ2v) is 2.00. The first-order chi connectivity index (χ1) is 4.74. The van der Waals surface area contributed by atoms with E-state index >= 15 is 0 Å². The lowest BCUT2D eigenvalue weighted by Gasteiger charge is -1.93. The highest BCUT2D eigenvalue weighted by Gasteiger charge is 2.08. The summed E-state index contributed by atoms with van der Waals surface area (Å²) in [5.41, 5.74) is 1.40. The summed E-state index contributed by atoms with van der Waals surface area (Å²) < 4.78 is 4.48. The molecule has 2 heteroatoms. The number of rotatable bonds is 1. The molecule has 0 saturated carbocycles. The highest BCUT2D eigenvalue weighted by atomic mass is 16.5. The van der Waals surface area contributed by atoms with Crippen molar-refractivity contribution in [3.05, 3.63) is 36.0 Å². The van der Waals surface area contributed by atoms with Crippen molar-refractivity contribution in [2.45, 2.75) is 0 Å². The molecule has 0 heterocycles. The molecule has 0 aliphatic heterocycles. The van der Waals surface area contributed by atoms with Crippen molar-refractivity contribution in [2.24, 2.45) is 0 Å². The molecule has 2 nitrogen and oxygen atoms in total. The predicted octanol–water partition coefficient (Wildman–Crippen LogP) is 1.21. The number of methoxy groups -OCH3 is 1. The third-order valence-corrected chi connectivity index (χ3v) is 1.24. The fourth-order valence-electron chi connectivity index (χ4n) is 0.738. The summed E-state index contributed by atoms with van der Waals surface area (Å²) in [7, 11) is 1.36. The van der Waals surface area contributed by atoms with Gasteiger partial charge in [0, 0.05) is 0 Å². The molecule has 1 rings (SSSR count). The van der Waals surface area contributed by atoms with Gasteiger partial charge in [0.15, 0.2) is 0 Å². The Kier molecular flexibility index (Phi) is 1.71. The lowest BCUT2D eigenvalue weighted by Crippen LogP contribution is -2.00. The van der Waals surface area contributed by atoms with E-state index in [0.29, 0.717) is 5.57 Å². The lowest BCUT2D eigenvalue weighted by atomic mass is 10.3. The van der Waals surface area contributed by atoms with E-state index in [1.54, 1.807) is 18.2 Å². The smallest absolute Gasteiger partial charge is 0.337 e. The van der Waals surface area contributed by atoms with Crippen LogP contribution >= 0.6 is 0 Å². The van der Waals surface area contributed by atoms with Gasteiger partial charge in [-0.2, -0.15) is 0 Å².